The summed E-state index contributed by atoms with van der Waals surface area (Å²) in [6.45, 7) is 1.34. The number of hydrogen-bond donors (Lipinski definition) is 2. The van der Waals surface area contributed by atoms with Gasteiger partial charge < -0.3 is 10.4 Å². The lowest BCUT2D eigenvalue weighted by atomic mass is 10.2. The van der Waals surface area contributed by atoms with Crippen molar-refractivity contribution in [2.24, 2.45) is 0 Å². The van der Waals surface area contributed by atoms with Crippen molar-refractivity contribution >= 4 is 22.9 Å². The molecule has 0 radical (unpaired) electrons. The highest BCUT2D eigenvalue weighted by Crippen LogP contribution is 2.14. The number of nitrogens with one attached hydrogen (secondary N) is 1. The average Bonchev–Trinajstić information content (AvgIpc) is 2.22. The summed E-state index contributed by atoms with van der Waals surface area (Å²) in [7, 11) is 0. The lowest BCUT2D eigenvalue weighted by molar-refractivity contribution is 0.412. The molecule has 0 fully saturated rings. The summed E-state index contributed by atoms with van der Waals surface area (Å²) in [6.07, 6.45) is 0. The van der Waals surface area contributed by atoms with Crippen LogP contribution in [0.15, 0.2) is 35.6 Å². The van der Waals surface area contributed by atoms with E-state index in [1.54, 1.807) is 18.2 Å². The molecule has 3 nitrogen and oxygen atoms in total. The molecule has 0 aliphatic heterocycles. The Morgan fingerprint density at radius 3 is 2.62 bits per heavy atom. The van der Waals surface area contributed by atoms with Crippen LogP contribution in [0.4, 0.5) is 10.1 Å². The van der Waals surface area contributed by atoms with E-state index in [1.165, 1.54) is 19.1 Å². The number of allylic oxidation sites excluding steroid dienone is 1. The van der Waals surface area contributed by atoms with E-state index in [-0.39, 0.29) is 22.0 Å². The number of anilines is 1. The van der Waals surface area contributed by atoms with Crippen LogP contribution in [0.1, 0.15) is 6.92 Å². The SMILES string of the molecule is CC(O)=C(C#N)C(=S)Nc1ccccc1F. The van der Waals surface area contributed by atoms with Crippen LogP contribution in [0.5, 0.6) is 0 Å². The standard InChI is InChI=1S/C11H9FN2OS/c1-7(15)8(6-13)11(16)14-10-5-3-2-4-9(10)12/h2-5,15H,1H3,(H,14,16). The molecule has 1 aromatic carbocycles. The third kappa shape index (κ3) is 2.78. The number of para-hydroxylation sites is 1. The van der Waals surface area contributed by atoms with Crippen LogP contribution in [0.2, 0.25) is 0 Å². The van der Waals surface area contributed by atoms with E-state index in [0.29, 0.717) is 0 Å². The fourth-order valence-corrected chi connectivity index (χ4v) is 1.35. The summed E-state index contributed by atoms with van der Waals surface area (Å²) in [4.78, 5) is -0.00685. The van der Waals surface area contributed by atoms with Gasteiger partial charge in [0.1, 0.15) is 28.2 Å². The maximum atomic E-state index is 13.2. The van der Waals surface area contributed by atoms with E-state index < -0.39 is 5.82 Å². The molecule has 0 unspecified atom stereocenters. The van der Waals surface area contributed by atoms with Crippen LogP contribution in [-0.2, 0) is 0 Å². The van der Waals surface area contributed by atoms with Crippen molar-refractivity contribution in [1.82, 2.24) is 0 Å². The van der Waals surface area contributed by atoms with Gasteiger partial charge in [0, 0.05) is 0 Å². The highest BCUT2D eigenvalue weighted by molar-refractivity contribution is 7.81. The summed E-state index contributed by atoms with van der Waals surface area (Å²) >= 11 is 4.87. The molecular formula is C11H9FN2OS. The monoisotopic (exact) mass is 236 g/mol. The molecule has 0 aliphatic rings. The lowest BCUT2D eigenvalue weighted by Crippen LogP contribution is -2.13. The van der Waals surface area contributed by atoms with E-state index in [9.17, 15) is 4.39 Å². The lowest BCUT2D eigenvalue weighted by Gasteiger charge is -2.07. The van der Waals surface area contributed by atoms with Gasteiger partial charge in [-0.05, 0) is 19.1 Å². The van der Waals surface area contributed by atoms with Gasteiger partial charge in [-0.3, -0.25) is 0 Å². The molecule has 1 rings (SSSR count). The van der Waals surface area contributed by atoms with Gasteiger partial charge in [0.2, 0.25) is 0 Å². The highest BCUT2D eigenvalue weighted by atomic mass is 32.1. The molecule has 0 amide bonds. The summed E-state index contributed by atoms with van der Waals surface area (Å²) < 4.78 is 13.2. The van der Waals surface area contributed by atoms with Crippen LogP contribution < -0.4 is 5.32 Å². The van der Waals surface area contributed by atoms with Crippen molar-refractivity contribution < 1.29 is 9.50 Å². The summed E-state index contributed by atoms with van der Waals surface area (Å²) in [6, 6.07) is 7.68. The topological polar surface area (TPSA) is 56.0 Å². The number of thiocarbonyl (C=S) groups is 1. The smallest absolute Gasteiger partial charge is 0.146 e. The quantitative estimate of drug-likeness (QED) is 0.359. The molecule has 0 saturated carbocycles. The van der Waals surface area contributed by atoms with Gasteiger partial charge in [0.25, 0.3) is 0 Å². The fourth-order valence-electron chi connectivity index (χ4n) is 1.04. The molecule has 0 bridgehead atoms. The first-order valence-corrected chi connectivity index (χ1v) is 4.83. The van der Waals surface area contributed by atoms with Gasteiger partial charge in [0.05, 0.1) is 5.69 Å². The van der Waals surface area contributed by atoms with Crippen LogP contribution in [0.3, 0.4) is 0 Å². The zero-order valence-corrected chi connectivity index (χ0v) is 9.31. The van der Waals surface area contributed by atoms with Crippen LogP contribution in [-0.4, -0.2) is 10.1 Å². The summed E-state index contributed by atoms with van der Waals surface area (Å²) in [5.41, 5.74) is 0.0970. The van der Waals surface area contributed by atoms with Gasteiger partial charge in [-0.25, -0.2) is 4.39 Å². The Balaban J connectivity index is 2.93. The van der Waals surface area contributed by atoms with Gasteiger partial charge in [-0.1, -0.05) is 24.4 Å². The minimum atomic E-state index is -0.474. The molecule has 82 valence electrons. The van der Waals surface area contributed by atoms with Crippen LogP contribution in [0.25, 0.3) is 0 Å². The van der Waals surface area contributed by atoms with Crippen molar-refractivity contribution in [3.05, 3.63) is 41.4 Å². The number of aliphatic hydroxyl groups excluding tert-OH is 1. The van der Waals surface area contributed by atoms with Crippen LogP contribution in [0, 0.1) is 17.1 Å². The first-order chi connectivity index (χ1) is 7.56. The Labute approximate surface area is 97.8 Å². The molecule has 1 aromatic rings. The Morgan fingerprint density at radius 1 is 1.50 bits per heavy atom. The predicted octanol–water partition coefficient (Wildman–Crippen LogP) is 2.92. The molecule has 16 heavy (non-hydrogen) atoms. The zero-order chi connectivity index (χ0) is 12.1. The number of aliphatic hydroxyl groups is 1. The number of benzene rings is 1. The summed E-state index contributed by atoms with van der Waals surface area (Å²) in [5.74, 6) is -0.672. The molecule has 0 atom stereocenters. The Morgan fingerprint density at radius 2 is 2.12 bits per heavy atom. The third-order valence-corrected chi connectivity index (χ3v) is 2.13. The third-order valence-electron chi connectivity index (χ3n) is 1.82. The van der Waals surface area contributed by atoms with Crippen molar-refractivity contribution in [1.29, 1.82) is 5.26 Å². The molecule has 0 saturated heterocycles. The largest absolute Gasteiger partial charge is 0.511 e. The van der Waals surface area contributed by atoms with Gasteiger partial charge in [-0.2, -0.15) is 5.26 Å². The van der Waals surface area contributed by atoms with E-state index in [0.717, 1.165) is 0 Å². The second-order valence-electron chi connectivity index (χ2n) is 3.01. The zero-order valence-electron chi connectivity index (χ0n) is 8.49. The maximum absolute atomic E-state index is 13.2. The maximum Gasteiger partial charge on any atom is 0.146 e. The minimum Gasteiger partial charge on any atom is -0.511 e. The fraction of sp³-hybridized carbons (Fsp3) is 0.0909. The normalized spacial score (nSPS) is 11.3. The van der Waals surface area contributed by atoms with E-state index in [1.807, 2.05) is 0 Å². The van der Waals surface area contributed by atoms with E-state index in [2.05, 4.69) is 5.32 Å². The number of halogens is 1. The Bertz CT molecular complexity index is 487. The molecule has 0 heterocycles. The van der Waals surface area contributed by atoms with Gasteiger partial charge in [-0.15, -0.1) is 0 Å². The van der Waals surface area contributed by atoms with Gasteiger partial charge in [0.15, 0.2) is 0 Å². The number of nitriles is 1. The molecule has 2 N–H and O–H groups in total. The minimum absolute atomic E-state index is 0.00685. The first-order valence-electron chi connectivity index (χ1n) is 4.42. The second-order valence-corrected chi connectivity index (χ2v) is 3.41. The molecule has 0 spiro atoms. The van der Waals surface area contributed by atoms with Crippen molar-refractivity contribution in [3.63, 3.8) is 0 Å². The van der Waals surface area contributed by atoms with E-state index >= 15 is 0 Å². The average molecular weight is 236 g/mol. The van der Waals surface area contributed by atoms with Crippen molar-refractivity contribution in [2.45, 2.75) is 6.92 Å². The van der Waals surface area contributed by atoms with Gasteiger partial charge >= 0.3 is 0 Å². The molecular weight excluding hydrogens is 227 g/mol. The molecule has 0 aromatic heterocycles. The van der Waals surface area contributed by atoms with Crippen molar-refractivity contribution in [3.8, 4) is 6.07 Å². The number of rotatable bonds is 2. The van der Waals surface area contributed by atoms with E-state index in [4.69, 9.17) is 22.6 Å². The summed E-state index contributed by atoms with van der Waals surface area (Å²) in [5, 5.41) is 20.4. The van der Waals surface area contributed by atoms with Crippen LogP contribution >= 0.6 is 12.2 Å². The first kappa shape index (κ1) is 12.1. The number of nitrogens with zero attached hydrogens (tertiary/aromatic N) is 1. The highest BCUT2D eigenvalue weighted by Gasteiger charge is 2.10. The Hall–Kier alpha value is -1.93. The second kappa shape index (κ2) is 5.24. The number of hydrogen-bond acceptors (Lipinski definition) is 3. The molecule has 5 heteroatoms. The van der Waals surface area contributed by atoms with Crippen molar-refractivity contribution in [2.75, 3.05) is 5.32 Å². The Kier molecular flexibility index (Phi) is 3.97. The molecule has 0 aliphatic carbocycles. The predicted molar refractivity (Wildman–Crippen MR) is 63.6 cm³/mol.